The first-order chi connectivity index (χ1) is 24.1. The first-order valence-corrected chi connectivity index (χ1v) is 18.8. The zero-order valence-corrected chi connectivity index (χ0v) is 30.5. The number of carbonyl (C=O) groups excluding carboxylic acids is 4. The summed E-state index contributed by atoms with van der Waals surface area (Å²) < 4.78 is 41.3. The Morgan fingerprint density at radius 2 is 1.65 bits per heavy atom. The highest BCUT2D eigenvalue weighted by atomic mass is 32.2. The molecule has 5 rings (SSSR count). The fourth-order valence-corrected chi connectivity index (χ4v) is 7.67. The summed E-state index contributed by atoms with van der Waals surface area (Å²) in [5.74, 6) is -2.62. The molecule has 1 aliphatic heterocycles. The maximum Gasteiger partial charge on any atom is 0.408 e. The SMILES string of the molecule is C=C[C@@H]1C[C@]1(NC(=O)[C@@H]1C[C@@H](OCc2ccccc2)CN1C(=O)[C@@H](NC(=O)OC1CCCC1)C(C)(C)C)C(=O)NS(=O)(=O)N(C)c1ccccc1. The number of nitrogens with zero attached hydrogens (tertiary/aromatic N) is 2. The molecule has 5 atom stereocenters. The molecular weight excluding hydrogens is 675 g/mol. The van der Waals surface area contributed by atoms with Crippen LogP contribution in [0.15, 0.2) is 73.3 Å². The Kier molecular flexibility index (Phi) is 11.4. The number of amides is 4. The van der Waals surface area contributed by atoms with E-state index in [0.717, 1.165) is 35.6 Å². The molecule has 0 bridgehead atoms. The molecule has 2 aliphatic carbocycles. The van der Waals surface area contributed by atoms with Gasteiger partial charge >= 0.3 is 16.3 Å². The Hall–Kier alpha value is -4.43. The van der Waals surface area contributed by atoms with Gasteiger partial charge in [-0.05, 0) is 55.2 Å². The zero-order valence-electron chi connectivity index (χ0n) is 29.7. The van der Waals surface area contributed by atoms with E-state index >= 15 is 0 Å². The molecule has 51 heavy (non-hydrogen) atoms. The van der Waals surface area contributed by atoms with Gasteiger partial charge in [0.1, 0.15) is 23.7 Å². The van der Waals surface area contributed by atoms with Gasteiger partial charge in [-0.1, -0.05) is 75.4 Å². The monoisotopic (exact) mass is 723 g/mol. The van der Waals surface area contributed by atoms with Crippen molar-refractivity contribution in [2.24, 2.45) is 11.3 Å². The van der Waals surface area contributed by atoms with Crippen molar-refractivity contribution in [3.8, 4) is 0 Å². The minimum atomic E-state index is -4.35. The van der Waals surface area contributed by atoms with Crippen LogP contribution < -0.4 is 19.7 Å². The van der Waals surface area contributed by atoms with Crippen LogP contribution in [-0.4, -0.2) is 80.6 Å². The zero-order chi connectivity index (χ0) is 37.0. The number of benzene rings is 2. The van der Waals surface area contributed by atoms with E-state index in [4.69, 9.17) is 9.47 Å². The summed E-state index contributed by atoms with van der Waals surface area (Å²) >= 11 is 0. The van der Waals surface area contributed by atoms with Crippen LogP contribution in [0.2, 0.25) is 0 Å². The van der Waals surface area contributed by atoms with Crippen molar-refractivity contribution in [1.82, 2.24) is 20.3 Å². The van der Waals surface area contributed by atoms with Crippen LogP contribution in [0.3, 0.4) is 0 Å². The van der Waals surface area contributed by atoms with Crippen molar-refractivity contribution in [3.63, 3.8) is 0 Å². The van der Waals surface area contributed by atoms with Crippen LogP contribution in [0.1, 0.15) is 64.9 Å². The molecule has 0 spiro atoms. The molecule has 0 unspecified atom stereocenters. The number of nitrogens with one attached hydrogen (secondary N) is 3. The van der Waals surface area contributed by atoms with Crippen LogP contribution in [0.5, 0.6) is 0 Å². The average Bonchev–Trinajstić information content (AvgIpc) is 3.37. The van der Waals surface area contributed by atoms with Crippen LogP contribution in [0.4, 0.5) is 10.5 Å². The molecule has 13 nitrogen and oxygen atoms in total. The fourth-order valence-electron chi connectivity index (χ4n) is 6.71. The van der Waals surface area contributed by atoms with E-state index < -0.39 is 69.1 Å². The van der Waals surface area contributed by atoms with Crippen molar-refractivity contribution in [1.29, 1.82) is 0 Å². The summed E-state index contributed by atoms with van der Waals surface area (Å²) in [6, 6.07) is 15.6. The lowest BCUT2D eigenvalue weighted by Gasteiger charge is -2.35. The van der Waals surface area contributed by atoms with Gasteiger partial charge in [0.2, 0.25) is 11.8 Å². The summed E-state index contributed by atoms with van der Waals surface area (Å²) in [4.78, 5) is 56.6. The van der Waals surface area contributed by atoms with Gasteiger partial charge in [-0.3, -0.25) is 18.7 Å². The number of alkyl carbamates (subject to hydrolysis) is 1. The van der Waals surface area contributed by atoms with Crippen molar-refractivity contribution >= 4 is 39.7 Å². The summed E-state index contributed by atoms with van der Waals surface area (Å²) in [5.41, 5.74) is -1.12. The van der Waals surface area contributed by atoms with Crippen molar-refractivity contribution in [2.45, 2.75) is 95.7 Å². The minimum absolute atomic E-state index is 0.0516. The summed E-state index contributed by atoms with van der Waals surface area (Å²) in [6.07, 6.45) is 3.73. The number of hydrogen-bond donors (Lipinski definition) is 3. The van der Waals surface area contributed by atoms with E-state index in [1.807, 2.05) is 51.1 Å². The number of likely N-dealkylation sites (tertiary alicyclic amines) is 1. The van der Waals surface area contributed by atoms with E-state index in [-0.39, 0.29) is 32.1 Å². The summed E-state index contributed by atoms with van der Waals surface area (Å²) in [5, 5.41) is 5.55. The molecule has 14 heteroatoms. The van der Waals surface area contributed by atoms with Crippen molar-refractivity contribution < 1.29 is 37.1 Å². The Morgan fingerprint density at radius 1 is 1.02 bits per heavy atom. The lowest BCUT2D eigenvalue weighted by Crippen LogP contribution is -2.60. The number of hydrogen-bond acceptors (Lipinski definition) is 8. The van der Waals surface area contributed by atoms with Gasteiger partial charge in [0.25, 0.3) is 5.91 Å². The normalized spacial score (nSPS) is 23.9. The molecule has 2 saturated carbocycles. The number of rotatable bonds is 13. The molecule has 2 aromatic carbocycles. The second kappa shape index (κ2) is 15.4. The lowest BCUT2D eigenvalue weighted by atomic mass is 9.85. The summed E-state index contributed by atoms with van der Waals surface area (Å²) in [6.45, 7) is 9.51. The van der Waals surface area contributed by atoms with Crippen LogP contribution in [0, 0.1) is 11.3 Å². The first-order valence-electron chi connectivity index (χ1n) is 17.4. The maximum absolute atomic E-state index is 14.4. The fraction of sp³-hybridized carbons (Fsp3) is 0.514. The predicted octanol–water partition coefficient (Wildman–Crippen LogP) is 3.81. The number of para-hydroxylation sites is 1. The molecule has 3 aliphatic rings. The molecule has 1 heterocycles. The Morgan fingerprint density at radius 3 is 2.24 bits per heavy atom. The maximum atomic E-state index is 14.4. The van der Waals surface area contributed by atoms with Crippen molar-refractivity contribution in [2.75, 3.05) is 17.9 Å². The van der Waals surface area contributed by atoms with E-state index in [0.29, 0.717) is 5.69 Å². The van der Waals surface area contributed by atoms with Gasteiger partial charge in [0, 0.05) is 25.9 Å². The van der Waals surface area contributed by atoms with Crippen LogP contribution >= 0.6 is 0 Å². The third kappa shape index (κ3) is 8.90. The van der Waals surface area contributed by atoms with Gasteiger partial charge in [0.05, 0.1) is 18.4 Å². The molecule has 0 radical (unpaired) electrons. The molecule has 0 aromatic heterocycles. The van der Waals surface area contributed by atoms with E-state index in [2.05, 4.69) is 21.9 Å². The average molecular weight is 724 g/mol. The number of ether oxygens (including phenoxy) is 2. The van der Waals surface area contributed by atoms with E-state index in [9.17, 15) is 27.6 Å². The molecule has 3 N–H and O–H groups in total. The number of carbonyl (C=O) groups is 4. The minimum Gasteiger partial charge on any atom is -0.446 e. The quantitative estimate of drug-likeness (QED) is 0.263. The Labute approximate surface area is 300 Å². The van der Waals surface area contributed by atoms with Gasteiger partial charge in [-0.15, -0.1) is 6.58 Å². The van der Waals surface area contributed by atoms with Gasteiger partial charge in [0.15, 0.2) is 0 Å². The van der Waals surface area contributed by atoms with Gasteiger partial charge < -0.3 is 25.0 Å². The topological polar surface area (TPSA) is 163 Å². The van der Waals surface area contributed by atoms with Crippen LogP contribution in [-0.2, 0) is 40.7 Å². The number of anilines is 1. The second-order valence-electron chi connectivity index (χ2n) is 14.7. The molecule has 4 amide bonds. The van der Waals surface area contributed by atoms with Crippen LogP contribution in [0.25, 0.3) is 0 Å². The van der Waals surface area contributed by atoms with E-state index in [1.54, 1.807) is 30.3 Å². The molecule has 1 saturated heterocycles. The lowest BCUT2D eigenvalue weighted by molar-refractivity contribution is -0.143. The molecular formula is C37H49N5O8S. The third-order valence-electron chi connectivity index (χ3n) is 9.88. The highest BCUT2D eigenvalue weighted by Gasteiger charge is 2.61. The van der Waals surface area contributed by atoms with Gasteiger partial charge in [-0.25, -0.2) is 9.52 Å². The third-order valence-corrected chi connectivity index (χ3v) is 11.3. The van der Waals surface area contributed by atoms with Crippen molar-refractivity contribution in [3.05, 3.63) is 78.9 Å². The largest absolute Gasteiger partial charge is 0.446 e. The predicted molar refractivity (Wildman–Crippen MR) is 191 cm³/mol. The Balaban J connectivity index is 1.36. The molecule has 276 valence electrons. The highest BCUT2D eigenvalue weighted by Crippen LogP contribution is 2.45. The molecule has 3 fully saturated rings. The van der Waals surface area contributed by atoms with Gasteiger partial charge in [-0.2, -0.15) is 8.42 Å². The standard InChI is InChI=1S/C37H49N5O8S/c1-6-26-22-37(26,34(45)40-51(47,48)41(5)27-17-11-8-12-18-27)39-32(43)30-21-29(49-24-25-15-9-7-10-16-25)23-42(30)33(44)31(36(2,3)4)38-35(46)50-28-19-13-14-20-28/h6-12,15-18,26,28-31H,1,13-14,19-24H2,2-5H3,(H,38,46)(H,39,43)(H,40,45)/t26-,29-,30+,31-,37-/m1/s1. The Bertz CT molecular complexity index is 1690. The van der Waals surface area contributed by atoms with E-state index in [1.165, 1.54) is 18.0 Å². The highest BCUT2D eigenvalue weighted by molar-refractivity contribution is 7.91. The summed E-state index contributed by atoms with van der Waals surface area (Å²) in [7, 11) is -3.03. The molecule has 2 aromatic rings. The smallest absolute Gasteiger partial charge is 0.408 e. The first kappa shape index (κ1) is 37.8. The second-order valence-corrected chi connectivity index (χ2v) is 16.4.